The van der Waals surface area contributed by atoms with Crippen molar-refractivity contribution in [2.45, 2.75) is 74.8 Å². The Hall–Kier alpha value is -10.8. The molecule has 6 atom stereocenters. The number of aliphatic carboxylic acids is 3. The van der Waals surface area contributed by atoms with Gasteiger partial charge in [-0.1, -0.05) is 72.8 Å². The summed E-state index contributed by atoms with van der Waals surface area (Å²) in [5.74, 6) is -12.5. The van der Waals surface area contributed by atoms with Crippen LogP contribution >= 0.6 is 0 Å². The van der Waals surface area contributed by atoms with Gasteiger partial charge in [0.25, 0.3) is 0 Å². The first kappa shape index (κ1) is 60.3. The fourth-order valence-corrected chi connectivity index (χ4v) is 9.85. The van der Waals surface area contributed by atoms with Crippen LogP contribution in [0.15, 0.2) is 122 Å². The van der Waals surface area contributed by atoms with Crippen molar-refractivity contribution in [3.05, 3.63) is 144 Å². The molecule has 442 valence electrons. The summed E-state index contributed by atoms with van der Waals surface area (Å²) >= 11 is 0. The fourth-order valence-electron chi connectivity index (χ4n) is 9.85. The van der Waals surface area contributed by atoms with Crippen LogP contribution in [-0.2, 0) is 78.4 Å². The van der Waals surface area contributed by atoms with E-state index in [0.29, 0.717) is 49.4 Å². The number of H-pyrrole nitrogens is 4. The topological polar surface area (TPSA) is 434 Å². The standard InChI is InChI=1S/C58H61N13O14/c59-23-48(72)66-44(19-32-26-62-40-15-7-3-11-36(32)40)55(82)70-47(22-51(76)77)58(85)69-45(20-33-27-63-41-16-8-4-12-37(33)41)56(83)71-46(21-50(74)75)57(84)68-43(18-31-25-61-39-14-6-2-10-35(31)39)54(81)64-28-49(73)67-42(53(80)65-29-52(78)79)17-30-24-60-38-13-5-1-9-34(30)38/h1-16,24-27,42-47,60-63H,17-23,28-29,59H2,(H,64,81)(H,65,80)(H,66,72)(H,67,73)(H,68,84)(H,69,85)(H,70,82)(H,71,83)(H,74,75)(H,76,77)(H,78,79)/t42-,43-,44-,45-,46-,47-/m0/s1. The number of aromatic amines is 4. The molecule has 27 heteroatoms. The van der Waals surface area contributed by atoms with Crippen LogP contribution in [0.5, 0.6) is 0 Å². The minimum absolute atomic E-state index is 0.0963. The smallest absolute Gasteiger partial charge is 0.322 e. The first-order valence-electron chi connectivity index (χ1n) is 26.7. The van der Waals surface area contributed by atoms with Crippen molar-refractivity contribution in [1.82, 2.24) is 62.5 Å². The Morgan fingerprint density at radius 3 is 0.976 bits per heavy atom. The molecule has 27 nitrogen and oxygen atoms in total. The Morgan fingerprint density at radius 2 is 0.635 bits per heavy atom. The molecule has 17 N–H and O–H groups in total. The SMILES string of the molecule is NCC(=O)N[C@@H](Cc1c[nH]c2ccccc12)C(=O)N[C@@H](CC(=O)O)C(=O)N[C@@H](Cc1c[nH]c2ccccc12)C(=O)N[C@@H](CC(=O)O)C(=O)N[C@@H](Cc1c[nH]c2ccccc12)C(=O)NCC(=O)N[C@@H](Cc1c[nH]c2ccccc12)C(=O)NCC(=O)O. The van der Waals surface area contributed by atoms with Crippen LogP contribution in [0.25, 0.3) is 43.6 Å². The van der Waals surface area contributed by atoms with Gasteiger partial charge in [0.2, 0.25) is 47.3 Å². The Bertz CT molecular complexity index is 3830. The van der Waals surface area contributed by atoms with Gasteiger partial charge in [-0.15, -0.1) is 0 Å². The molecule has 0 aliphatic carbocycles. The van der Waals surface area contributed by atoms with Crippen molar-refractivity contribution in [2.24, 2.45) is 5.73 Å². The molecule has 0 spiro atoms. The predicted molar refractivity (Wildman–Crippen MR) is 307 cm³/mol. The summed E-state index contributed by atoms with van der Waals surface area (Å²) in [5, 5.41) is 51.6. The molecule has 0 bridgehead atoms. The van der Waals surface area contributed by atoms with Crippen LogP contribution in [0.4, 0.5) is 0 Å². The molecule has 0 saturated carbocycles. The predicted octanol–water partition coefficient (Wildman–Crippen LogP) is 0.0163. The van der Waals surface area contributed by atoms with Gasteiger partial charge in [-0.3, -0.25) is 52.7 Å². The number of fused-ring (bicyclic) bond motifs is 4. The largest absolute Gasteiger partial charge is 0.481 e. The third kappa shape index (κ3) is 15.8. The molecule has 0 unspecified atom stereocenters. The molecule has 0 aliphatic rings. The number of carbonyl (C=O) groups is 11. The van der Waals surface area contributed by atoms with Crippen LogP contribution in [0, 0.1) is 0 Å². The fraction of sp³-hybridized carbons (Fsp3) is 0.259. The third-order valence-electron chi connectivity index (χ3n) is 14.0. The number of rotatable bonds is 29. The van der Waals surface area contributed by atoms with Gasteiger partial charge in [0, 0.05) is 94.1 Å². The molecular formula is C58H61N13O14. The summed E-state index contributed by atoms with van der Waals surface area (Å²) in [6, 6.07) is 18.2. The zero-order chi connectivity index (χ0) is 60.7. The lowest BCUT2D eigenvalue weighted by atomic mass is 10.0. The summed E-state index contributed by atoms with van der Waals surface area (Å²) in [6.45, 7) is -2.06. The second-order valence-corrected chi connectivity index (χ2v) is 20.0. The summed E-state index contributed by atoms with van der Waals surface area (Å²) in [5.41, 5.74) is 10.4. The monoisotopic (exact) mass is 1160 g/mol. The molecule has 0 aliphatic heterocycles. The molecule has 0 saturated heterocycles. The lowest BCUT2D eigenvalue weighted by Crippen LogP contribution is -2.60. The van der Waals surface area contributed by atoms with Crippen molar-refractivity contribution < 1.29 is 68.1 Å². The average molecular weight is 1160 g/mol. The van der Waals surface area contributed by atoms with Crippen LogP contribution in [-0.4, -0.2) is 156 Å². The number of carboxylic acid groups (broad SMARTS) is 3. The van der Waals surface area contributed by atoms with Gasteiger partial charge in [-0.2, -0.15) is 0 Å². The van der Waals surface area contributed by atoms with Gasteiger partial charge in [0.15, 0.2) is 0 Å². The number of carbonyl (C=O) groups excluding carboxylic acids is 8. The van der Waals surface area contributed by atoms with Gasteiger partial charge >= 0.3 is 17.9 Å². The summed E-state index contributed by atoms with van der Waals surface area (Å²) in [7, 11) is 0. The van der Waals surface area contributed by atoms with E-state index in [1.54, 1.807) is 116 Å². The molecule has 8 amide bonds. The highest BCUT2D eigenvalue weighted by Crippen LogP contribution is 2.23. The summed E-state index contributed by atoms with van der Waals surface area (Å²) in [6.07, 6.45) is 3.40. The van der Waals surface area contributed by atoms with E-state index < -0.39 is 134 Å². The number of benzene rings is 4. The van der Waals surface area contributed by atoms with E-state index in [4.69, 9.17) is 5.73 Å². The maximum atomic E-state index is 14.7. The molecule has 8 aromatic rings. The number of nitrogens with one attached hydrogen (secondary N) is 12. The minimum atomic E-state index is -1.98. The highest BCUT2D eigenvalue weighted by atomic mass is 16.4. The second-order valence-electron chi connectivity index (χ2n) is 20.0. The lowest BCUT2D eigenvalue weighted by molar-refractivity contribution is -0.142. The summed E-state index contributed by atoms with van der Waals surface area (Å²) < 4.78 is 0. The van der Waals surface area contributed by atoms with Crippen molar-refractivity contribution in [2.75, 3.05) is 19.6 Å². The number of para-hydroxylation sites is 4. The Labute approximate surface area is 482 Å². The van der Waals surface area contributed by atoms with Gasteiger partial charge < -0.3 is 83.5 Å². The molecule has 0 fully saturated rings. The Balaban J connectivity index is 1.02. The van der Waals surface area contributed by atoms with E-state index in [1.807, 2.05) is 0 Å². The molecule has 4 heterocycles. The van der Waals surface area contributed by atoms with Gasteiger partial charge in [-0.05, 0) is 46.5 Å². The van der Waals surface area contributed by atoms with E-state index in [2.05, 4.69) is 62.5 Å². The van der Waals surface area contributed by atoms with E-state index >= 15 is 0 Å². The van der Waals surface area contributed by atoms with Crippen LogP contribution in [0.3, 0.4) is 0 Å². The van der Waals surface area contributed by atoms with E-state index in [0.717, 1.165) is 16.4 Å². The number of nitrogens with two attached hydrogens (primary N) is 1. The highest BCUT2D eigenvalue weighted by molar-refractivity contribution is 6.00. The number of aromatic nitrogens is 4. The van der Waals surface area contributed by atoms with Crippen LogP contribution in [0.1, 0.15) is 35.1 Å². The third-order valence-corrected chi connectivity index (χ3v) is 14.0. The van der Waals surface area contributed by atoms with Gasteiger partial charge in [-0.25, -0.2) is 0 Å². The Kier molecular flexibility index (Phi) is 19.7. The minimum Gasteiger partial charge on any atom is -0.481 e. The molecule has 8 rings (SSSR count). The van der Waals surface area contributed by atoms with E-state index in [-0.39, 0.29) is 25.7 Å². The normalized spacial score (nSPS) is 13.3. The van der Waals surface area contributed by atoms with E-state index in [9.17, 15) is 68.1 Å². The number of hydrogen-bond acceptors (Lipinski definition) is 12. The molecule has 4 aromatic carbocycles. The maximum Gasteiger partial charge on any atom is 0.322 e. The van der Waals surface area contributed by atoms with Crippen molar-refractivity contribution in [3.8, 4) is 0 Å². The van der Waals surface area contributed by atoms with Crippen LogP contribution in [0.2, 0.25) is 0 Å². The van der Waals surface area contributed by atoms with Gasteiger partial charge in [0.05, 0.1) is 25.9 Å². The first-order valence-corrected chi connectivity index (χ1v) is 26.7. The van der Waals surface area contributed by atoms with Crippen LogP contribution < -0.4 is 48.3 Å². The molecular weight excluding hydrogens is 1100 g/mol. The number of carboxylic acids is 3. The first-order chi connectivity index (χ1) is 40.8. The highest BCUT2D eigenvalue weighted by Gasteiger charge is 2.36. The average Bonchev–Trinajstić information content (AvgIpc) is 4.36. The Morgan fingerprint density at radius 1 is 0.353 bits per heavy atom. The molecule has 85 heavy (non-hydrogen) atoms. The quantitative estimate of drug-likeness (QED) is 0.0294. The number of hydrogen-bond donors (Lipinski definition) is 16. The van der Waals surface area contributed by atoms with E-state index in [1.165, 1.54) is 6.20 Å². The van der Waals surface area contributed by atoms with Crippen molar-refractivity contribution in [3.63, 3.8) is 0 Å². The van der Waals surface area contributed by atoms with Gasteiger partial charge in [0.1, 0.15) is 42.8 Å². The number of amides is 8. The van der Waals surface area contributed by atoms with Crippen molar-refractivity contribution >= 4 is 109 Å². The lowest BCUT2D eigenvalue weighted by Gasteiger charge is -2.26. The van der Waals surface area contributed by atoms with Crippen molar-refractivity contribution in [1.29, 1.82) is 0 Å². The molecule has 0 radical (unpaired) electrons. The zero-order valence-corrected chi connectivity index (χ0v) is 45.3. The summed E-state index contributed by atoms with van der Waals surface area (Å²) in [4.78, 5) is 160. The molecule has 4 aromatic heterocycles. The zero-order valence-electron chi connectivity index (χ0n) is 45.3. The maximum absolute atomic E-state index is 14.7. The second kappa shape index (κ2) is 27.8.